The highest BCUT2D eigenvalue weighted by Gasteiger charge is 2.18. The Morgan fingerprint density at radius 1 is 1.08 bits per heavy atom. The molecule has 1 aromatic heterocycles. The Morgan fingerprint density at radius 3 is 2.64 bits per heavy atom. The monoisotopic (exact) mass is 353 g/mol. The number of methoxy groups -OCH3 is 1. The maximum absolute atomic E-state index is 5.38. The molecule has 1 atom stereocenters. The van der Waals surface area contributed by atoms with Gasteiger partial charge in [0.25, 0.3) is 0 Å². The summed E-state index contributed by atoms with van der Waals surface area (Å²) in [6.07, 6.45) is 2.10. The average Bonchev–Trinajstić information content (AvgIpc) is 3.07. The van der Waals surface area contributed by atoms with E-state index in [0.717, 1.165) is 12.1 Å². The van der Waals surface area contributed by atoms with Crippen molar-refractivity contribution in [1.29, 1.82) is 0 Å². The van der Waals surface area contributed by atoms with Crippen LogP contribution in [-0.4, -0.2) is 36.9 Å². The van der Waals surface area contributed by atoms with Crippen LogP contribution in [0.25, 0.3) is 10.9 Å². The molecule has 4 nitrogen and oxygen atoms in total. The Kier molecular flexibility index (Phi) is 6.04. The van der Waals surface area contributed by atoms with Gasteiger partial charge in [0.2, 0.25) is 0 Å². The van der Waals surface area contributed by atoms with Gasteiger partial charge in [0.15, 0.2) is 5.11 Å². The zero-order valence-electron chi connectivity index (χ0n) is 14.3. The van der Waals surface area contributed by atoms with Crippen molar-refractivity contribution < 1.29 is 4.74 Å². The zero-order valence-corrected chi connectivity index (χ0v) is 15.1. The van der Waals surface area contributed by atoms with E-state index in [1.54, 1.807) is 7.11 Å². The molecule has 0 aliphatic carbocycles. The van der Waals surface area contributed by atoms with Crippen LogP contribution in [0.15, 0.2) is 60.8 Å². The number of ether oxygens (including phenoxy) is 1. The van der Waals surface area contributed by atoms with Gasteiger partial charge in [0.05, 0.1) is 6.61 Å². The first-order chi connectivity index (χ1) is 12.3. The van der Waals surface area contributed by atoms with E-state index in [9.17, 15) is 0 Å². The van der Waals surface area contributed by atoms with Crippen LogP contribution in [0, 0.1) is 0 Å². The number of thiocarbonyl (C=S) groups is 1. The van der Waals surface area contributed by atoms with Crippen LogP contribution in [0.5, 0.6) is 0 Å². The molecule has 0 saturated carbocycles. The Balaban J connectivity index is 1.80. The first kappa shape index (κ1) is 17.5. The van der Waals surface area contributed by atoms with Crippen molar-refractivity contribution in [1.82, 2.24) is 15.6 Å². The van der Waals surface area contributed by atoms with E-state index in [-0.39, 0.29) is 5.92 Å². The second-order valence-electron chi connectivity index (χ2n) is 5.88. The summed E-state index contributed by atoms with van der Waals surface area (Å²) < 4.78 is 5.04. The second-order valence-corrected chi connectivity index (χ2v) is 6.29. The maximum Gasteiger partial charge on any atom is 0.166 e. The van der Waals surface area contributed by atoms with E-state index < -0.39 is 0 Å². The topological polar surface area (TPSA) is 49.1 Å². The number of rotatable bonds is 7. The SMILES string of the molecule is COCCNC(=S)NC[C@@H](c1ccccc1)c1c[nH]c2ccccc12. The van der Waals surface area contributed by atoms with Gasteiger partial charge in [-0.05, 0) is 29.4 Å². The molecule has 1 heterocycles. The quantitative estimate of drug-likeness (QED) is 0.450. The summed E-state index contributed by atoms with van der Waals surface area (Å²) in [7, 11) is 1.68. The van der Waals surface area contributed by atoms with Crippen molar-refractivity contribution in [3.05, 3.63) is 71.9 Å². The smallest absolute Gasteiger partial charge is 0.166 e. The number of aromatic nitrogens is 1. The molecule has 3 aromatic rings. The van der Waals surface area contributed by atoms with Gasteiger partial charge >= 0.3 is 0 Å². The van der Waals surface area contributed by atoms with E-state index in [2.05, 4.69) is 64.3 Å². The lowest BCUT2D eigenvalue weighted by Crippen LogP contribution is -2.39. The molecule has 0 amide bonds. The molecule has 5 heteroatoms. The lowest BCUT2D eigenvalue weighted by molar-refractivity contribution is 0.204. The molecule has 0 saturated heterocycles. The second kappa shape index (κ2) is 8.65. The van der Waals surface area contributed by atoms with Crippen LogP contribution in [-0.2, 0) is 4.74 Å². The van der Waals surface area contributed by atoms with Crippen molar-refractivity contribution >= 4 is 28.2 Å². The van der Waals surface area contributed by atoms with E-state index in [4.69, 9.17) is 17.0 Å². The maximum atomic E-state index is 5.38. The van der Waals surface area contributed by atoms with Gasteiger partial charge in [-0.25, -0.2) is 0 Å². The van der Waals surface area contributed by atoms with Crippen molar-refractivity contribution in [2.24, 2.45) is 0 Å². The van der Waals surface area contributed by atoms with Crippen LogP contribution in [0.4, 0.5) is 0 Å². The molecule has 0 aliphatic rings. The van der Waals surface area contributed by atoms with E-state index >= 15 is 0 Å². The molecular formula is C20H23N3OS. The van der Waals surface area contributed by atoms with E-state index in [1.807, 2.05) is 12.1 Å². The van der Waals surface area contributed by atoms with Crippen molar-refractivity contribution in [2.45, 2.75) is 5.92 Å². The molecule has 130 valence electrons. The molecule has 3 N–H and O–H groups in total. The molecule has 25 heavy (non-hydrogen) atoms. The molecule has 2 aromatic carbocycles. The highest BCUT2D eigenvalue weighted by molar-refractivity contribution is 7.80. The summed E-state index contributed by atoms with van der Waals surface area (Å²) in [5, 5.41) is 8.40. The molecule has 0 unspecified atom stereocenters. The molecule has 0 bridgehead atoms. The van der Waals surface area contributed by atoms with Crippen molar-refractivity contribution in [2.75, 3.05) is 26.8 Å². The fraction of sp³-hybridized carbons (Fsp3) is 0.250. The largest absolute Gasteiger partial charge is 0.383 e. The number of H-pyrrole nitrogens is 1. The van der Waals surface area contributed by atoms with Gasteiger partial charge in [0.1, 0.15) is 0 Å². The average molecular weight is 353 g/mol. The summed E-state index contributed by atoms with van der Waals surface area (Å²) in [5.74, 6) is 0.208. The van der Waals surface area contributed by atoms with Gasteiger partial charge in [0, 0.05) is 43.2 Å². The summed E-state index contributed by atoms with van der Waals surface area (Å²) in [4.78, 5) is 3.38. The lowest BCUT2D eigenvalue weighted by Gasteiger charge is -2.19. The van der Waals surface area contributed by atoms with Crippen LogP contribution < -0.4 is 10.6 Å². The van der Waals surface area contributed by atoms with Crippen LogP contribution >= 0.6 is 12.2 Å². The third-order valence-corrected chi connectivity index (χ3v) is 4.55. The van der Waals surface area contributed by atoms with Gasteiger partial charge in [-0.2, -0.15) is 0 Å². The number of nitrogens with one attached hydrogen (secondary N) is 3. The Morgan fingerprint density at radius 2 is 1.84 bits per heavy atom. The summed E-state index contributed by atoms with van der Waals surface area (Å²) in [6, 6.07) is 18.9. The van der Waals surface area contributed by atoms with E-state index in [1.165, 1.54) is 16.5 Å². The van der Waals surface area contributed by atoms with Gasteiger partial charge in [-0.1, -0.05) is 48.5 Å². The predicted octanol–water partition coefficient (Wildman–Crippen LogP) is 3.41. The Bertz CT molecular complexity index is 816. The Labute approximate surface area is 153 Å². The number of aromatic amines is 1. The highest BCUT2D eigenvalue weighted by Crippen LogP contribution is 2.30. The van der Waals surface area contributed by atoms with Gasteiger partial charge in [-0.3, -0.25) is 0 Å². The number of fused-ring (bicyclic) bond motifs is 1. The molecular weight excluding hydrogens is 330 g/mol. The molecule has 0 fully saturated rings. The minimum absolute atomic E-state index is 0.208. The number of para-hydroxylation sites is 1. The third-order valence-electron chi connectivity index (χ3n) is 4.26. The van der Waals surface area contributed by atoms with Gasteiger partial charge < -0.3 is 20.4 Å². The van der Waals surface area contributed by atoms with Gasteiger partial charge in [-0.15, -0.1) is 0 Å². The third kappa shape index (κ3) is 4.38. The van der Waals surface area contributed by atoms with Crippen LogP contribution in [0.1, 0.15) is 17.0 Å². The van der Waals surface area contributed by atoms with E-state index in [0.29, 0.717) is 18.3 Å². The van der Waals surface area contributed by atoms with Crippen LogP contribution in [0.2, 0.25) is 0 Å². The summed E-state index contributed by atoms with van der Waals surface area (Å²) >= 11 is 5.38. The summed E-state index contributed by atoms with van der Waals surface area (Å²) in [5.41, 5.74) is 3.69. The number of benzene rings is 2. The minimum Gasteiger partial charge on any atom is -0.383 e. The zero-order chi connectivity index (χ0) is 17.5. The number of hydrogen-bond acceptors (Lipinski definition) is 2. The van der Waals surface area contributed by atoms with Crippen molar-refractivity contribution in [3.8, 4) is 0 Å². The predicted molar refractivity (Wildman–Crippen MR) is 107 cm³/mol. The fourth-order valence-electron chi connectivity index (χ4n) is 3.00. The molecule has 0 aliphatic heterocycles. The molecule has 0 spiro atoms. The lowest BCUT2D eigenvalue weighted by atomic mass is 9.91. The van der Waals surface area contributed by atoms with Crippen molar-refractivity contribution in [3.63, 3.8) is 0 Å². The minimum atomic E-state index is 0.208. The normalized spacial score (nSPS) is 12.0. The Hall–Kier alpha value is -2.37. The number of hydrogen-bond donors (Lipinski definition) is 3. The fourth-order valence-corrected chi connectivity index (χ4v) is 3.18. The summed E-state index contributed by atoms with van der Waals surface area (Å²) in [6.45, 7) is 2.06. The first-order valence-electron chi connectivity index (χ1n) is 8.41. The van der Waals surface area contributed by atoms with Crippen LogP contribution in [0.3, 0.4) is 0 Å². The highest BCUT2D eigenvalue weighted by atomic mass is 32.1. The molecule has 3 rings (SSSR count). The first-order valence-corrected chi connectivity index (χ1v) is 8.82. The molecule has 0 radical (unpaired) electrons. The standard InChI is InChI=1S/C20H23N3OS/c1-24-12-11-21-20(25)23-13-17(15-7-3-2-4-8-15)18-14-22-19-10-6-5-9-16(18)19/h2-10,14,17,22H,11-13H2,1H3,(H2,21,23,25)/t17-/m0/s1.